The van der Waals surface area contributed by atoms with Crippen molar-refractivity contribution in [3.05, 3.63) is 36.5 Å². The van der Waals surface area contributed by atoms with Crippen LogP contribution in [0.4, 0.5) is 0 Å². The molecule has 1 atom stereocenters. The van der Waals surface area contributed by atoms with E-state index in [2.05, 4.69) is 10.3 Å². The van der Waals surface area contributed by atoms with Gasteiger partial charge in [0.1, 0.15) is 4.90 Å². The third-order valence-electron chi connectivity index (χ3n) is 4.01. The van der Waals surface area contributed by atoms with Gasteiger partial charge >= 0.3 is 0 Å². The molecule has 3 rings (SSSR count). The van der Waals surface area contributed by atoms with E-state index in [9.17, 15) is 8.42 Å². The minimum Gasteiger partial charge on any atom is -0.316 e. The molecule has 120 valence electrons. The van der Waals surface area contributed by atoms with Gasteiger partial charge in [-0.1, -0.05) is 18.2 Å². The van der Waals surface area contributed by atoms with Gasteiger partial charge in [0.15, 0.2) is 0 Å². The first-order valence-corrected chi connectivity index (χ1v) is 8.58. The van der Waals surface area contributed by atoms with Gasteiger partial charge in [0.2, 0.25) is 10.0 Å². The molecule has 2 heterocycles. The monoisotopic (exact) mass is 341 g/mol. The fourth-order valence-electron chi connectivity index (χ4n) is 2.82. The summed E-state index contributed by atoms with van der Waals surface area (Å²) in [5.41, 5.74) is 0.548. The molecule has 0 bridgehead atoms. The van der Waals surface area contributed by atoms with E-state index >= 15 is 0 Å². The van der Waals surface area contributed by atoms with E-state index in [1.807, 2.05) is 25.2 Å². The lowest BCUT2D eigenvalue weighted by atomic mass is 10.1. The Morgan fingerprint density at radius 1 is 1.27 bits per heavy atom. The van der Waals surface area contributed by atoms with Crippen LogP contribution in [0.2, 0.25) is 0 Å². The van der Waals surface area contributed by atoms with Crippen molar-refractivity contribution in [2.24, 2.45) is 0 Å². The zero-order valence-electron chi connectivity index (χ0n) is 12.4. The van der Waals surface area contributed by atoms with E-state index in [0.717, 1.165) is 18.2 Å². The summed E-state index contributed by atoms with van der Waals surface area (Å²) < 4.78 is 27.4. The molecular weight excluding hydrogens is 322 g/mol. The van der Waals surface area contributed by atoms with Gasteiger partial charge in [-0.05, 0) is 32.0 Å². The van der Waals surface area contributed by atoms with Gasteiger partial charge in [0.05, 0.1) is 5.52 Å². The Morgan fingerprint density at radius 2 is 2.05 bits per heavy atom. The van der Waals surface area contributed by atoms with E-state index in [-0.39, 0.29) is 18.4 Å². The van der Waals surface area contributed by atoms with E-state index < -0.39 is 10.0 Å². The number of benzene rings is 1. The highest BCUT2D eigenvalue weighted by atomic mass is 35.5. The van der Waals surface area contributed by atoms with Gasteiger partial charge in [-0.3, -0.25) is 4.98 Å². The molecule has 22 heavy (non-hydrogen) atoms. The number of hydrogen-bond donors (Lipinski definition) is 1. The largest absolute Gasteiger partial charge is 0.316 e. The van der Waals surface area contributed by atoms with Crippen LogP contribution >= 0.6 is 12.4 Å². The highest BCUT2D eigenvalue weighted by Crippen LogP contribution is 2.26. The summed E-state index contributed by atoms with van der Waals surface area (Å²) in [7, 11) is -1.63. The van der Waals surface area contributed by atoms with Crippen LogP contribution in [0.1, 0.15) is 12.8 Å². The third-order valence-corrected chi connectivity index (χ3v) is 5.90. The molecule has 0 spiro atoms. The molecule has 1 fully saturated rings. The number of pyridine rings is 1. The van der Waals surface area contributed by atoms with Gasteiger partial charge in [0, 0.05) is 30.7 Å². The highest BCUT2D eigenvalue weighted by molar-refractivity contribution is 7.89. The van der Waals surface area contributed by atoms with Crippen molar-refractivity contribution in [3.63, 3.8) is 0 Å². The van der Waals surface area contributed by atoms with Crippen molar-refractivity contribution in [1.29, 1.82) is 0 Å². The summed E-state index contributed by atoms with van der Waals surface area (Å²) in [6.45, 7) is 1.09. The summed E-state index contributed by atoms with van der Waals surface area (Å²) >= 11 is 0. The van der Waals surface area contributed by atoms with Crippen molar-refractivity contribution >= 4 is 33.3 Å². The predicted octanol–water partition coefficient (Wildman–Crippen LogP) is 2.03. The number of aromatic nitrogens is 1. The Morgan fingerprint density at radius 3 is 2.82 bits per heavy atom. The zero-order chi connectivity index (χ0) is 14.9. The molecule has 0 saturated carbocycles. The minimum atomic E-state index is -3.50. The first-order valence-electron chi connectivity index (χ1n) is 7.14. The summed E-state index contributed by atoms with van der Waals surface area (Å²) in [6, 6.07) is 9.22. The number of sulfonamides is 1. The number of fused-ring (bicyclic) bond motifs is 1. The molecule has 5 nitrogen and oxygen atoms in total. The molecule has 1 saturated heterocycles. The molecule has 0 amide bonds. The smallest absolute Gasteiger partial charge is 0.245 e. The van der Waals surface area contributed by atoms with Gasteiger partial charge in [-0.25, -0.2) is 8.42 Å². The summed E-state index contributed by atoms with van der Waals surface area (Å²) in [6.07, 6.45) is 3.52. The molecule has 1 aromatic carbocycles. The maximum atomic E-state index is 12.9. The number of halogens is 1. The van der Waals surface area contributed by atoms with Crippen LogP contribution in [-0.2, 0) is 10.0 Å². The number of para-hydroxylation sites is 1. The second-order valence-electron chi connectivity index (χ2n) is 5.32. The third kappa shape index (κ3) is 3.10. The van der Waals surface area contributed by atoms with Crippen LogP contribution in [0, 0.1) is 0 Å². The quantitative estimate of drug-likeness (QED) is 0.928. The number of rotatable bonds is 3. The lowest BCUT2D eigenvalue weighted by molar-refractivity contribution is 0.293. The van der Waals surface area contributed by atoms with Crippen molar-refractivity contribution in [2.45, 2.75) is 23.8 Å². The molecule has 1 aromatic heterocycles. The zero-order valence-corrected chi connectivity index (χ0v) is 14.0. The lowest BCUT2D eigenvalue weighted by Gasteiger charge is -2.31. The summed E-state index contributed by atoms with van der Waals surface area (Å²) in [5, 5.41) is 4.02. The van der Waals surface area contributed by atoms with Crippen LogP contribution in [0.25, 0.3) is 10.9 Å². The SMILES string of the molecule is CNC1CCCN(S(=O)(=O)c2cccc3cccnc23)C1.Cl. The number of piperidine rings is 1. The van der Waals surface area contributed by atoms with Crippen LogP contribution in [0.5, 0.6) is 0 Å². The Hall–Kier alpha value is -1.21. The van der Waals surface area contributed by atoms with Crippen molar-refractivity contribution in [1.82, 2.24) is 14.6 Å². The standard InChI is InChI=1S/C15H19N3O2S.ClH/c1-16-13-7-4-10-18(11-13)21(19,20)14-8-2-5-12-6-3-9-17-15(12)14;/h2-3,5-6,8-9,13,16H,4,7,10-11H2,1H3;1H. The van der Waals surface area contributed by atoms with Gasteiger partial charge in [0.25, 0.3) is 0 Å². The maximum Gasteiger partial charge on any atom is 0.245 e. The molecule has 7 heteroatoms. The fourth-order valence-corrected chi connectivity index (χ4v) is 4.51. The minimum absolute atomic E-state index is 0. The predicted molar refractivity (Wildman–Crippen MR) is 89.8 cm³/mol. The molecule has 1 unspecified atom stereocenters. The van der Waals surface area contributed by atoms with E-state index in [0.29, 0.717) is 23.5 Å². The molecular formula is C15H20ClN3O2S. The number of nitrogens with zero attached hydrogens (tertiary/aromatic N) is 2. The first-order chi connectivity index (χ1) is 10.1. The topological polar surface area (TPSA) is 62.3 Å². The molecule has 1 aliphatic heterocycles. The summed E-state index contributed by atoms with van der Waals surface area (Å²) in [4.78, 5) is 4.56. The summed E-state index contributed by atoms with van der Waals surface area (Å²) in [5.74, 6) is 0. The lowest BCUT2D eigenvalue weighted by Crippen LogP contribution is -2.46. The van der Waals surface area contributed by atoms with Crippen molar-refractivity contribution in [3.8, 4) is 0 Å². The first kappa shape index (κ1) is 17.1. The van der Waals surface area contributed by atoms with Crippen molar-refractivity contribution < 1.29 is 8.42 Å². The fraction of sp³-hybridized carbons (Fsp3) is 0.400. The second-order valence-corrected chi connectivity index (χ2v) is 7.23. The second kappa shape index (κ2) is 6.91. The molecule has 2 aromatic rings. The number of nitrogens with one attached hydrogen (secondary N) is 1. The van der Waals surface area contributed by atoms with E-state index in [1.165, 1.54) is 0 Å². The Bertz CT molecular complexity index is 746. The van der Waals surface area contributed by atoms with Gasteiger partial charge in [-0.2, -0.15) is 4.31 Å². The van der Waals surface area contributed by atoms with Crippen molar-refractivity contribution in [2.75, 3.05) is 20.1 Å². The van der Waals surface area contributed by atoms with Crippen LogP contribution in [-0.4, -0.2) is 43.9 Å². The molecule has 1 aliphatic rings. The van der Waals surface area contributed by atoms with E-state index in [1.54, 1.807) is 22.6 Å². The van der Waals surface area contributed by atoms with Crippen LogP contribution < -0.4 is 5.32 Å². The Labute approximate surface area is 137 Å². The average molecular weight is 342 g/mol. The van der Waals surface area contributed by atoms with Crippen LogP contribution in [0.15, 0.2) is 41.4 Å². The maximum absolute atomic E-state index is 12.9. The van der Waals surface area contributed by atoms with E-state index in [4.69, 9.17) is 0 Å². The normalized spacial score (nSPS) is 19.8. The molecule has 0 radical (unpaired) electrons. The van der Waals surface area contributed by atoms with Crippen LogP contribution in [0.3, 0.4) is 0 Å². The molecule has 0 aliphatic carbocycles. The Kier molecular flexibility index (Phi) is 5.39. The Balaban J connectivity index is 0.00000176. The number of hydrogen-bond acceptors (Lipinski definition) is 4. The molecule has 1 N–H and O–H groups in total. The number of likely N-dealkylation sites (N-methyl/N-ethyl adjacent to an activating group) is 1. The highest BCUT2D eigenvalue weighted by Gasteiger charge is 2.31. The van der Waals surface area contributed by atoms with Gasteiger partial charge in [-0.15, -0.1) is 12.4 Å². The van der Waals surface area contributed by atoms with Gasteiger partial charge < -0.3 is 5.32 Å². The average Bonchev–Trinajstić information content (AvgIpc) is 2.54.